The minimum absolute atomic E-state index is 0.445. The Morgan fingerprint density at radius 1 is 1.38 bits per heavy atom. The Kier molecular flexibility index (Phi) is 4.13. The van der Waals surface area contributed by atoms with Crippen molar-refractivity contribution < 1.29 is 4.74 Å². The summed E-state index contributed by atoms with van der Waals surface area (Å²) in [6.07, 6.45) is 3.62. The van der Waals surface area contributed by atoms with E-state index in [9.17, 15) is 0 Å². The summed E-state index contributed by atoms with van der Waals surface area (Å²) < 4.78 is 5.33. The van der Waals surface area contributed by atoms with Crippen LogP contribution in [0, 0.1) is 0 Å². The molecular formula is C12H19N3O. The van der Waals surface area contributed by atoms with Gasteiger partial charge in [-0.1, -0.05) is 0 Å². The fourth-order valence-electron chi connectivity index (χ4n) is 1.95. The van der Waals surface area contributed by atoms with Crippen LogP contribution in [0.2, 0.25) is 0 Å². The van der Waals surface area contributed by atoms with Crippen LogP contribution in [-0.4, -0.2) is 48.8 Å². The van der Waals surface area contributed by atoms with E-state index in [1.807, 2.05) is 24.5 Å². The smallest absolute Gasteiger partial charge is 0.0594 e. The summed E-state index contributed by atoms with van der Waals surface area (Å²) in [5, 5.41) is 3.47. The zero-order valence-electron chi connectivity index (χ0n) is 9.72. The Hall–Kier alpha value is -1.13. The van der Waals surface area contributed by atoms with Gasteiger partial charge in [-0.15, -0.1) is 0 Å². The number of pyridine rings is 1. The van der Waals surface area contributed by atoms with Crippen LogP contribution in [0.25, 0.3) is 0 Å². The minimum Gasteiger partial charge on any atom is -0.381 e. The lowest BCUT2D eigenvalue weighted by molar-refractivity contribution is 0.0368. The first-order valence-corrected chi connectivity index (χ1v) is 5.81. The Balaban J connectivity index is 1.77. The largest absolute Gasteiger partial charge is 0.381 e. The quantitative estimate of drug-likeness (QED) is 0.829. The molecule has 1 aliphatic rings. The second-order valence-electron chi connectivity index (χ2n) is 4.19. The molecule has 0 spiro atoms. The van der Waals surface area contributed by atoms with Gasteiger partial charge in [-0.2, -0.15) is 0 Å². The van der Waals surface area contributed by atoms with E-state index >= 15 is 0 Å². The highest BCUT2D eigenvalue weighted by Crippen LogP contribution is 2.07. The van der Waals surface area contributed by atoms with Crippen molar-refractivity contribution in [3.05, 3.63) is 24.5 Å². The summed E-state index contributed by atoms with van der Waals surface area (Å²) >= 11 is 0. The first-order valence-electron chi connectivity index (χ1n) is 5.81. The standard InChI is InChI=1S/C12H19N3O/c1-11(10-15-6-8-16-9-7-15)14-12-2-4-13-5-3-12/h2-5,11H,6-10H2,1H3,(H,13,14). The van der Waals surface area contributed by atoms with Gasteiger partial charge in [0, 0.05) is 43.8 Å². The number of nitrogens with one attached hydrogen (secondary N) is 1. The monoisotopic (exact) mass is 221 g/mol. The van der Waals surface area contributed by atoms with Crippen molar-refractivity contribution in [2.24, 2.45) is 0 Å². The molecule has 0 aliphatic carbocycles. The van der Waals surface area contributed by atoms with Gasteiger partial charge in [-0.05, 0) is 19.1 Å². The van der Waals surface area contributed by atoms with Crippen LogP contribution in [-0.2, 0) is 4.74 Å². The van der Waals surface area contributed by atoms with Crippen molar-refractivity contribution in [3.8, 4) is 0 Å². The van der Waals surface area contributed by atoms with E-state index in [-0.39, 0.29) is 0 Å². The lowest BCUT2D eigenvalue weighted by Gasteiger charge is -2.29. The van der Waals surface area contributed by atoms with Gasteiger partial charge in [-0.25, -0.2) is 0 Å². The van der Waals surface area contributed by atoms with Crippen LogP contribution in [0.4, 0.5) is 5.69 Å². The maximum atomic E-state index is 5.33. The van der Waals surface area contributed by atoms with Crippen molar-refractivity contribution >= 4 is 5.69 Å². The Labute approximate surface area is 96.6 Å². The van der Waals surface area contributed by atoms with Crippen molar-refractivity contribution in [3.63, 3.8) is 0 Å². The average molecular weight is 221 g/mol. The van der Waals surface area contributed by atoms with Crippen LogP contribution in [0.15, 0.2) is 24.5 Å². The zero-order chi connectivity index (χ0) is 11.2. The highest BCUT2D eigenvalue weighted by molar-refractivity contribution is 5.41. The number of aromatic nitrogens is 1. The van der Waals surface area contributed by atoms with E-state index in [1.165, 1.54) is 0 Å². The van der Waals surface area contributed by atoms with E-state index in [0.29, 0.717) is 6.04 Å². The van der Waals surface area contributed by atoms with Crippen LogP contribution in [0.3, 0.4) is 0 Å². The van der Waals surface area contributed by atoms with Gasteiger partial charge in [-0.3, -0.25) is 9.88 Å². The summed E-state index contributed by atoms with van der Waals surface area (Å²) in [7, 11) is 0. The molecule has 0 saturated carbocycles. The summed E-state index contributed by atoms with van der Waals surface area (Å²) in [6, 6.07) is 4.44. The van der Waals surface area contributed by atoms with E-state index in [0.717, 1.165) is 38.5 Å². The number of anilines is 1. The molecule has 0 bridgehead atoms. The van der Waals surface area contributed by atoms with Gasteiger partial charge in [0.2, 0.25) is 0 Å². The van der Waals surface area contributed by atoms with E-state index in [2.05, 4.69) is 22.1 Å². The predicted molar refractivity (Wildman–Crippen MR) is 64.6 cm³/mol. The first kappa shape index (κ1) is 11.4. The molecule has 1 saturated heterocycles. The molecule has 0 amide bonds. The highest BCUT2D eigenvalue weighted by atomic mass is 16.5. The second kappa shape index (κ2) is 5.82. The number of hydrogen-bond donors (Lipinski definition) is 1. The van der Waals surface area contributed by atoms with E-state index in [1.54, 1.807) is 0 Å². The Bertz CT molecular complexity index is 298. The lowest BCUT2D eigenvalue weighted by atomic mass is 10.2. The van der Waals surface area contributed by atoms with Gasteiger partial charge in [0.05, 0.1) is 13.2 Å². The molecule has 0 aromatic carbocycles. The van der Waals surface area contributed by atoms with Crippen LogP contribution in [0.5, 0.6) is 0 Å². The molecule has 1 aromatic heterocycles. The minimum atomic E-state index is 0.445. The average Bonchev–Trinajstić information content (AvgIpc) is 2.31. The molecule has 1 atom stereocenters. The number of hydrogen-bond acceptors (Lipinski definition) is 4. The van der Waals surface area contributed by atoms with Gasteiger partial charge in [0.15, 0.2) is 0 Å². The molecule has 2 heterocycles. The molecule has 1 unspecified atom stereocenters. The number of morpholine rings is 1. The summed E-state index contributed by atoms with van der Waals surface area (Å²) in [5.41, 5.74) is 1.13. The fourth-order valence-corrected chi connectivity index (χ4v) is 1.95. The number of nitrogens with zero attached hydrogens (tertiary/aromatic N) is 2. The third kappa shape index (κ3) is 3.47. The molecule has 2 rings (SSSR count). The van der Waals surface area contributed by atoms with Crippen molar-refractivity contribution in [1.29, 1.82) is 0 Å². The summed E-state index contributed by atoms with van der Waals surface area (Å²) in [5.74, 6) is 0. The van der Waals surface area contributed by atoms with Crippen LogP contribution >= 0.6 is 0 Å². The Morgan fingerprint density at radius 2 is 2.06 bits per heavy atom. The second-order valence-corrected chi connectivity index (χ2v) is 4.19. The molecule has 1 N–H and O–H groups in total. The maximum absolute atomic E-state index is 5.33. The van der Waals surface area contributed by atoms with Crippen molar-refractivity contribution in [2.75, 3.05) is 38.2 Å². The zero-order valence-corrected chi connectivity index (χ0v) is 9.72. The molecule has 4 heteroatoms. The lowest BCUT2D eigenvalue weighted by Crippen LogP contribution is -2.42. The van der Waals surface area contributed by atoms with Crippen molar-refractivity contribution in [2.45, 2.75) is 13.0 Å². The molecule has 1 aliphatic heterocycles. The van der Waals surface area contributed by atoms with Crippen LogP contribution in [0.1, 0.15) is 6.92 Å². The molecule has 0 radical (unpaired) electrons. The maximum Gasteiger partial charge on any atom is 0.0594 e. The fraction of sp³-hybridized carbons (Fsp3) is 0.583. The Morgan fingerprint density at radius 3 is 2.75 bits per heavy atom. The number of ether oxygens (including phenoxy) is 1. The third-order valence-electron chi connectivity index (χ3n) is 2.73. The van der Waals surface area contributed by atoms with E-state index in [4.69, 9.17) is 4.74 Å². The van der Waals surface area contributed by atoms with Gasteiger partial charge in [0.25, 0.3) is 0 Å². The molecule has 4 nitrogen and oxygen atoms in total. The SMILES string of the molecule is CC(CN1CCOCC1)Nc1ccncc1. The number of rotatable bonds is 4. The molecule has 1 aromatic rings. The van der Waals surface area contributed by atoms with Gasteiger partial charge >= 0.3 is 0 Å². The first-order chi connectivity index (χ1) is 7.84. The molecule has 16 heavy (non-hydrogen) atoms. The third-order valence-corrected chi connectivity index (χ3v) is 2.73. The van der Waals surface area contributed by atoms with Crippen LogP contribution < -0.4 is 5.32 Å². The highest BCUT2D eigenvalue weighted by Gasteiger charge is 2.13. The summed E-state index contributed by atoms with van der Waals surface area (Å²) in [4.78, 5) is 6.43. The van der Waals surface area contributed by atoms with Gasteiger partial charge < -0.3 is 10.1 Å². The molecule has 88 valence electrons. The topological polar surface area (TPSA) is 37.4 Å². The molecular weight excluding hydrogens is 202 g/mol. The van der Waals surface area contributed by atoms with Gasteiger partial charge in [0.1, 0.15) is 0 Å². The summed E-state index contributed by atoms with van der Waals surface area (Å²) in [6.45, 7) is 7.08. The predicted octanol–water partition coefficient (Wildman–Crippen LogP) is 1.21. The normalized spacial score (nSPS) is 19.3. The molecule has 1 fully saturated rings. The van der Waals surface area contributed by atoms with E-state index < -0.39 is 0 Å². The van der Waals surface area contributed by atoms with Crippen molar-refractivity contribution in [1.82, 2.24) is 9.88 Å².